The van der Waals surface area contributed by atoms with Crippen molar-refractivity contribution in [2.75, 3.05) is 0 Å². The van der Waals surface area contributed by atoms with Crippen LogP contribution in [0.3, 0.4) is 0 Å². The van der Waals surface area contributed by atoms with Crippen molar-refractivity contribution < 1.29 is 4.42 Å². The van der Waals surface area contributed by atoms with E-state index in [0.717, 1.165) is 34.1 Å². The van der Waals surface area contributed by atoms with Crippen LogP contribution in [0.2, 0.25) is 0 Å². The Hall–Kier alpha value is -3.22. The molecule has 0 saturated carbocycles. The van der Waals surface area contributed by atoms with E-state index in [4.69, 9.17) is 4.42 Å². The molecule has 0 aliphatic heterocycles. The van der Waals surface area contributed by atoms with Crippen molar-refractivity contribution in [3.05, 3.63) is 49.4 Å². The number of fused-ring (bicyclic) bond motifs is 1. The minimum Gasteiger partial charge on any atom is -0.421 e. The van der Waals surface area contributed by atoms with E-state index < -0.39 is 0 Å². The van der Waals surface area contributed by atoms with Gasteiger partial charge in [0.05, 0.1) is 11.8 Å². The van der Waals surface area contributed by atoms with Gasteiger partial charge < -0.3 is 9.40 Å². The van der Waals surface area contributed by atoms with Crippen molar-refractivity contribution in [2.24, 2.45) is 7.05 Å². The molecule has 4 aromatic heterocycles. The Kier molecular flexibility index (Phi) is 3.45. The van der Waals surface area contributed by atoms with E-state index in [0.29, 0.717) is 18.2 Å². The molecule has 24 heavy (non-hydrogen) atoms. The highest BCUT2D eigenvalue weighted by Crippen LogP contribution is 2.30. The zero-order valence-electron chi connectivity index (χ0n) is 13.2. The summed E-state index contributed by atoms with van der Waals surface area (Å²) in [7, 11) is 1.89. The summed E-state index contributed by atoms with van der Waals surface area (Å²) in [4.78, 5) is 7.62. The molecule has 0 aliphatic carbocycles. The number of aryl methyl sites for hydroxylation is 2. The van der Waals surface area contributed by atoms with Gasteiger partial charge >= 0.3 is 0 Å². The molecular weight excluding hydrogens is 304 g/mol. The lowest BCUT2D eigenvalue weighted by molar-refractivity contribution is 0.506. The van der Waals surface area contributed by atoms with Crippen molar-refractivity contribution in [1.82, 2.24) is 29.9 Å². The summed E-state index contributed by atoms with van der Waals surface area (Å²) in [6, 6.07) is 2.05. The zero-order chi connectivity index (χ0) is 16.5. The van der Waals surface area contributed by atoms with Crippen molar-refractivity contribution in [3.8, 4) is 22.6 Å². The van der Waals surface area contributed by atoms with Crippen LogP contribution in [-0.4, -0.2) is 29.9 Å². The summed E-state index contributed by atoms with van der Waals surface area (Å²) < 4.78 is 7.52. The third-order valence-corrected chi connectivity index (χ3v) is 3.83. The molecule has 1 N–H and O–H groups in total. The summed E-state index contributed by atoms with van der Waals surface area (Å²) in [6.45, 7) is 3.70. The maximum absolute atomic E-state index is 5.75. The number of H-pyrrole nitrogens is 1. The predicted molar refractivity (Wildman–Crippen MR) is 90.1 cm³/mol. The average Bonchev–Trinajstić information content (AvgIpc) is 3.31. The monoisotopic (exact) mass is 320 g/mol. The first-order chi connectivity index (χ1) is 11.7. The van der Waals surface area contributed by atoms with Gasteiger partial charge in [-0.1, -0.05) is 6.08 Å². The Balaban J connectivity index is 1.75. The first kappa shape index (κ1) is 14.4. The fraction of sp³-hybridized carbons (Fsp3) is 0.176. The summed E-state index contributed by atoms with van der Waals surface area (Å²) in [5.74, 6) is 1.10. The van der Waals surface area contributed by atoms with Crippen molar-refractivity contribution in [1.29, 1.82) is 0 Å². The molecule has 0 unspecified atom stereocenters. The number of aromatic amines is 1. The highest BCUT2D eigenvalue weighted by Gasteiger charge is 2.15. The molecule has 0 atom stereocenters. The second-order valence-corrected chi connectivity index (χ2v) is 5.55. The molecule has 0 aliphatic rings. The van der Waals surface area contributed by atoms with Crippen LogP contribution in [0.5, 0.6) is 0 Å². The van der Waals surface area contributed by atoms with Gasteiger partial charge in [0.1, 0.15) is 5.65 Å². The molecule has 7 heteroatoms. The van der Waals surface area contributed by atoms with Crippen molar-refractivity contribution >= 4 is 11.0 Å². The molecule has 0 saturated heterocycles. The number of hydrogen-bond donors (Lipinski definition) is 1. The van der Waals surface area contributed by atoms with Crippen LogP contribution in [0.25, 0.3) is 33.6 Å². The lowest BCUT2D eigenvalue weighted by atomic mass is 10.1. The quantitative estimate of drug-likeness (QED) is 0.571. The van der Waals surface area contributed by atoms with Crippen molar-refractivity contribution in [2.45, 2.75) is 12.8 Å². The van der Waals surface area contributed by atoms with E-state index in [1.54, 1.807) is 4.68 Å². The molecular formula is C17H16N6O. The SMILES string of the molecule is C=CCCc1nnc(-c2c[nH]c3ncc(-c4cnn(C)c4)cc23)o1. The average molecular weight is 320 g/mol. The predicted octanol–water partition coefficient (Wildman–Crippen LogP) is 3.13. The van der Waals surface area contributed by atoms with Gasteiger partial charge in [-0.05, 0) is 12.5 Å². The van der Waals surface area contributed by atoms with Crippen LogP contribution in [0.1, 0.15) is 12.3 Å². The van der Waals surface area contributed by atoms with Crippen LogP contribution in [0.15, 0.2) is 47.9 Å². The third kappa shape index (κ3) is 2.50. The molecule has 120 valence electrons. The first-order valence-electron chi connectivity index (χ1n) is 7.64. The Bertz CT molecular complexity index is 1010. The lowest BCUT2D eigenvalue weighted by Gasteiger charge is -1.98. The number of rotatable bonds is 5. The van der Waals surface area contributed by atoms with Crippen molar-refractivity contribution in [3.63, 3.8) is 0 Å². The van der Waals surface area contributed by atoms with Gasteiger partial charge in [0, 0.05) is 48.6 Å². The highest BCUT2D eigenvalue weighted by molar-refractivity contribution is 5.93. The normalized spacial score (nSPS) is 11.2. The standard InChI is InChI=1S/C17H16N6O/c1-3-4-5-15-21-22-17(24-15)14-9-19-16-13(14)6-11(7-18-16)12-8-20-23(2)10-12/h3,6-10H,1,4-5H2,2H3,(H,18,19). The molecule has 4 heterocycles. The van der Waals surface area contributed by atoms with Gasteiger partial charge in [0.2, 0.25) is 11.8 Å². The van der Waals surface area contributed by atoms with E-state index in [-0.39, 0.29) is 0 Å². The number of allylic oxidation sites excluding steroid dienone is 1. The van der Waals surface area contributed by atoms with Crippen LogP contribution in [0, 0.1) is 0 Å². The third-order valence-electron chi connectivity index (χ3n) is 3.83. The molecule has 4 aromatic rings. The van der Waals surface area contributed by atoms with Crippen LogP contribution >= 0.6 is 0 Å². The minimum atomic E-state index is 0.491. The molecule has 0 spiro atoms. The molecule has 0 bridgehead atoms. The molecule has 0 fully saturated rings. The number of pyridine rings is 1. The smallest absolute Gasteiger partial charge is 0.249 e. The van der Waals surface area contributed by atoms with Gasteiger partial charge in [-0.25, -0.2) is 4.98 Å². The van der Waals surface area contributed by atoms with E-state index in [2.05, 4.69) is 37.9 Å². The van der Waals surface area contributed by atoms with Crippen LogP contribution in [-0.2, 0) is 13.5 Å². The second kappa shape index (κ2) is 5.77. The van der Waals surface area contributed by atoms with E-state index >= 15 is 0 Å². The largest absolute Gasteiger partial charge is 0.421 e. The molecule has 4 rings (SSSR count). The fourth-order valence-electron chi connectivity index (χ4n) is 2.60. The van der Waals surface area contributed by atoms with Gasteiger partial charge in [-0.2, -0.15) is 5.10 Å². The van der Waals surface area contributed by atoms with Crippen LogP contribution < -0.4 is 0 Å². The zero-order valence-corrected chi connectivity index (χ0v) is 13.2. The lowest BCUT2D eigenvalue weighted by Crippen LogP contribution is -1.84. The topological polar surface area (TPSA) is 85.4 Å². The minimum absolute atomic E-state index is 0.491. The van der Waals surface area contributed by atoms with E-state index in [1.807, 2.05) is 37.9 Å². The fourth-order valence-corrected chi connectivity index (χ4v) is 2.60. The maximum atomic E-state index is 5.75. The molecule has 0 aromatic carbocycles. The molecule has 7 nitrogen and oxygen atoms in total. The summed E-state index contributed by atoms with van der Waals surface area (Å²) >= 11 is 0. The molecule has 0 amide bonds. The Morgan fingerprint density at radius 2 is 2.21 bits per heavy atom. The number of aromatic nitrogens is 6. The Labute approximate surface area is 138 Å². The van der Waals surface area contributed by atoms with Gasteiger partial charge in [0.15, 0.2) is 0 Å². The van der Waals surface area contributed by atoms with Gasteiger partial charge in [-0.15, -0.1) is 16.8 Å². The highest BCUT2D eigenvalue weighted by atomic mass is 16.4. The number of nitrogens with zero attached hydrogens (tertiary/aromatic N) is 5. The molecule has 0 radical (unpaired) electrons. The van der Waals surface area contributed by atoms with E-state index in [9.17, 15) is 0 Å². The van der Waals surface area contributed by atoms with E-state index in [1.165, 1.54) is 0 Å². The number of hydrogen-bond acceptors (Lipinski definition) is 5. The van der Waals surface area contributed by atoms with Gasteiger partial charge in [-0.3, -0.25) is 4.68 Å². The summed E-state index contributed by atoms with van der Waals surface area (Å²) in [6.07, 6.45) is 10.8. The first-order valence-corrected chi connectivity index (χ1v) is 7.64. The Morgan fingerprint density at radius 1 is 1.29 bits per heavy atom. The second-order valence-electron chi connectivity index (χ2n) is 5.55. The van der Waals surface area contributed by atoms with Crippen LogP contribution in [0.4, 0.5) is 0 Å². The number of nitrogens with one attached hydrogen (secondary N) is 1. The summed E-state index contributed by atoms with van der Waals surface area (Å²) in [5.41, 5.74) is 3.63. The Morgan fingerprint density at radius 3 is 3.00 bits per heavy atom. The maximum Gasteiger partial charge on any atom is 0.249 e. The summed E-state index contributed by atoms with van der Waals surface area (Å²) in [5, 5.41) is 13.4. The van der Waals surface area contributed by atoms with Gasteiger partial charge in [0.25, 0.3) is 0 Å².